The van der Waals surface area contributed by atoms with E-state index in [4.69, 9.17) is 0 Å². The van der Waals surface area contributed by atoms with Crippen molar-refractivity contribution in [2.24, 2.45) is 5.92 Å². The highest BCUT2D eigenvalue weighted by atomic mass is 16.2. The maximum atomic E-state index is 13.1. The molecule has 172 valence electrons. The van der Waals surface area contributed by atoms with Crippen molar-refractivity contribution in [2.45, 2.75) is 70.3 Å². The van der Waals surface area contributed by atoms with Crippen LogP contribution < -0.4 is 4.90 Å². The average molecular weight is 443 g/mol. The Hall–Kier alpha value is -2.46. The maximum Gasteiger partial charge on any atom is 0.227 e. The highest BCUT2D eigenvalue weighted by Gasteiger charge is 2.32. The van der Waals surface area contributed by atoms with Crippen LogP contribution in [0.15, 0.2) is 36.4 Å². The van der Waals surface area contributed by atoms with E-state index in [-0.39, 0.29) is 11.7 Å². The summed E-state index contributed by atoms with van der Waals surface area (Å²) in [5.74, 6) is 1.20. The van der Waals surface area contributed by atoms with Crippen LogP contribution in [0, 0.1) is 5.92 Å². The Kier molecular flexibility index (Phi) is 5.57. The zero-order chi connectivity index (χ0) is 22.4. The van der Waals surface area contributed by atoms with E-state index in [1.165, 1.54) is 56.3 Å². The average Bonchev–Trinajstić information content (AvgIpc) is 3.30. The first-order valence-electron chi connectivity index (χ1n) is 13.0. The largest absolute Gasteiger partial charge is 0.312 e. The standard InChI is InChI=1S/C29H34N2O2/c32-27(25-17-23-7-10-28(33)31-16-13-24(18-25)29(23)31)9-5-20-11-14-30(15-12-20)26-8-6-21-3-1-2-4-22(21)19-26/h1-4,17-18,20,26H,5-16,19H2. The SMILES string of the molecule is O=C(CCC1CCN(C2CCc3ccccc3C2)CC1)c1cc2c3c(c1)CCN3C(=O)CC2. The van der Waals surface area contributed by atoms with Gasteiger partial charge < -0.3 is 9.80 Å². The minimum atomic E-state index is 0.240. The molecule has 2 aromatic carbocycles. The third-order valence-corrected chi connectivity index (χ3v) is 8.64. The molecule has 0 aromatic heterocycles. The van der Waals surface area contributed by atoms with Crippen molar-refractivity contribution in [1.29, 1.82) is 0 Å². The van der Waals surface area contributed by atoms with Gasteiger partial charge in [-0.25, -0.2) is 0 Å². The summed E-state index contributed by atoms with van der Waals surface area (Å²) in [5, 5.41) is 0. The zero-order valence-corrected chi connectivity index (χ0v) is 19.5. The molecule has 1 unspecified atom stereocenters. The molecule has 33 heavy (non-hydrogen) atoms. The van der Waals surface area contributed by atoms with Gasteiger partial charge in [0.1, 0.15) is 0 Å². The number of fused-ring (bicyclic) bond motifs is 1. The summed E-state index contributed by atoms with van der Waals surface area (Å²) in [6, 6.07) is 13.8. The second-order valence-corrected chi connectivity index (χ2v) is 10.5. The number of hydrogen-bond donors (Lipinski definition) is 0. The molecule has 4 nitrogen and oxygen atoms in total. The smallest absolute Gasteiger partial charge is 0.227 e. The number of hydrogen-bond acceptors (Lipinski definition) is 3. The van der Waals surface area contributed by atoms with Gasteiger partial charge >= 0.3 is 0 Å². The second-order valence-electron chi connectivity index (χ2n) is 10.5. The van der Waals surface area contributed by atoms with E-state index >= 15 is 0 Å². The summed E-state index contributed by atoms with van der Waals surface area (Å²) in [6.45, 7) is 3.14. The Morgan fingerprint density at radius 3 is 2.42 bits per heavy atom. The Labute approximate surface area is 197 Å². The number of ketones is 1. The fourth-order valence-electron chi connectivity index (χ4n) is 6.70. The predicted octanol–water partition coefficient (Wildman–Crippen LogP) is 4.75. The Morgan fingerprint density at radius 2 is 1.61 bits per heavy atom. The van der Waals surface area contributed by atoms with Gasteiger partial charge in [-0.15, -0.1) is 0 Å². The molecule has 3 aliphatic heterocycles. The van der Waals surface area contributed by atoms with E-state index in [0.29, 0.717) is 24.8 Å². The summed E-state index contributed by atoms with van der Waals surface area (Å²) in [6.07, 6.45) is 10.0. The molecule has 4 aliphatic rings. The lowest BCUT2D eigenvalue weighted by Gasteiger charge is -2.39. The van der Waals surface area contributed by atoms with Crippen LogP contribution in [0.1, 0.15) is 71.1 Å². The van der Waals surface area contributed by atoms with Gasteiger partial charge in [0.05, 0.1) is 5.69 Å². The number of piperidine rings is 1. The fraction of sp³-hybridized carbons (Fsp3) is 0.517. The van der Waals surface area contributed by atoms with Crippen LogP contribution in [0.2, 0.25) is 0 Å². The van der Waals surface area contributed by atoms with Gasteiger partial charge in [0, 0.05) is 31.0 Å². The van der Waals surface area contributed by atoms with E-state index in [1.807, 2.05) is 4.90 Å². The van der Waals surface area contributed by atoms with Crippen molar-refractivity contribution in [3.63, 3.8) is 0 Å². The summed E-state index contributed by atoms with van der Waals surface area (Å²) in [4.78, 5) is 29.9. The first-order valence-corrected chi connectivity index (χ1v) is 13.0. The summed E-state index contributed by atoms with van der Waals surface area (Å²) in [5.41, 5.74) is 7.48. The molecule has 0 spiro atoms. The Bertz CT molecular complexity index is 1080. The molecule has 1 saturated heterocycles. The van der Waals surface area contributed by atoms with Crippen LogP contribution in [-0.2, 0) is 30.5 Å². The number of likely N-dealkylation sites (tertiary alicyclic amines) is 1. The number of carbonyl (C=O) groups is 2. The molecule has 1 atom stereocenters. The van der Waals surface area contributed by atoms with Crippen LogP contribution in [0.4, 0.5) is 5.69 Å². The van der Waals surface area contributed by atoms with Crippen LogP contribution in [0.25, 0.3) is 0 Å². The first kappa shape index (κ1) is 21.1. The van der Waals surface area contributed by atoms with Gasteiger partial charge in [0.25, 0.3) is 0 Å². The molecule has 2 aromatic rings. The zero-order valence-electron chi connectivity index (χ0n) is 19.5. The molecule has 0 bridgehead atoms. The van der Waals surface area contributed by atoms with Crippen molar-refractivity contribution < 1.29 is 9.59 Å². The molecule has 6 rings (SSSR count). The minimum absolute atomic E-state index is 0.240. The van der Waals surface area contributed by atoms with Crippen LogP contribution in [0.5, 0.6) is 0 Å². The van der Waals surface area contributed by atoms with Gasteiger partial charge in [-0.05, 0) is 105 Å². The second kappa shape index (κ2) is 8.72. The van der Waals surface area contributed by atoms with Crippen molar-refractivity contribution in [2.75, 3.05) is 24.5 Å². The van der Waals surface area contributed by atoms with Crippen molar-refractivity contribution >= 4 is 17.4 Å². The molecule has 0 saturated carbocycles. The third kappa shape index (κ3) is 4.03. The minimum Gasteiger partial charge on any atom is -0.312 e. The molecule has 1 fully saturated rings. The monoisotopic (exact) mass is 442 g/mol. The number of aryl methyl sites for hydroxylation is 2. The number of benzene rings is 2. The number of amides is 1. The molecule has 4 heteroatoms. The van der Waals surface area contributed by atoms with Gasteiger partial charge in [0.2, 0.25) is 5.91 Å². The number of rotatable bonds is 5. The molecule has 1 amide bonds. The lowest BCUT2D eigenvalue weighted by Crippen LogP contribution is -2.44. The van der Waals surface area contributed by atoms with E-state index in [1.54, 1.807) is 11.1 Å². The fourth-order valence-corrected chi connectivity index (χ4v) is 6.70. The summed E-state index contributed by atoms with van der Waals surface area (Å²) >= 11 is 0. The number of carbonyl (C=O) groups excluding carboxylic acids is 2. The number of Topliss-reactive ketones (excluding diaryl/α,β-unsaturated/α-hetero) is 1. The molecule has 1 aliphatic carbocycles. The van der Waals surface area contributed by atoms with E-state index < -0.39 is 0 Å². The van der Waals surface area contributed by atoms with Gasteiger partial charge in [-0.2, -0.15) is 0 Å². The van der Waals surface area contributed by atoms with Crippen molar-refractivity contribution in [1.82, 2.24) is 4.90 Å². The quantitative estimate of drug-likeness (QED) is 0.627. The lowest BCUT2D eigenvalue weighted by atomic mass is 9.84. The maximum absolute atomic E-state index is 13.1. The molecular formula is C29H34N2O2. The molecular weight excluding hydrogens is 408 g/mol. The van der Waals surface area contributed by atoms with Crippen LogP contribution in [0.3, 0.4) is 0 Å². The van der Waals surface area contributed by atoms with Crippen molar-refractivity contribution in [3.8, 4) is 0 Å². The van der Waals surface area contributed by atoms with E-state index in [0.717, 1.165) is 37.1 Å². The van der Waals surface area contributed by atoms with Gasteiger partial charge in [-0.3, -0.25) is 9.59 Å². The topological polar surface area (TPSA) is 40.6 Å². The Morgan fingerprint density at radius 1 is 0.848 bits per heavy atom. The van der Waals surface area contributed by atoms with E-state index in [9.17, 15) is 9.59 Å². The lowest BCUT2D eigenvalue weighted by molar-refractivity contribution is -0.118. The van der Waals surface area contributed by atoms with Crippen LogP contribution >= 0.6 is 0 Å². The number of nitrogens with zero attached hydrogens (tertiary/aromatic N) is 2. The summed E-state index contributed by atoms with van der Waals surface area (Å²) in [7, 11) is 0. The van der Waals surface area contributed by atoms with Gasteiger partial charge in [0.15, 0.2) is 5.78 Å². The van der Waals surface area contributed by atoms with Gasteiger partial charge in [-0.1, -0.05) is 24.3 Å². The van der Waals surface area contributed by atoms with Crippen LogP contribution in [-0.4, -0.2) is 42.3 Å². The van der Waals surface area contributed by atoms with Crippen molar-refractivity contribution in [3.05, 3.63) is 64.2 Å². The first-order chi connectivity index (χ1) is 16.2. The number of anilines is 1. The van der Waals surface area contributed by atoms with E-state index in [2.05, 4.69) is 41.3 Å². The third-order valence-electron chi connectivity index (χ3n) is 8.64. The molecule has 0 radical (unpaired) electrons. The Balaban J connectivity index is 1.02. The highest BCUT2D eigenvalue weighted by Crippen LogP contribution is 2.38. The summed E-state index contributed by atoms with van der Waals surface area (Å²) < 4.78 is 0. The molecule has 0 N–H and O–H groups in total. The normalized spacial score (nSPS) is 22.8. The highest BCUT2D eigenvalue weighted by molar-refractivity contribution is 6.02. The molecule has 3 heterocycles. The predicted molar refractivity (Wildman–Crippen MR) is 131 cm³/mol.